The van der Waals surface area contributed by atoms with E-state index < -0.39 is 0 Å². The minimum atomic E-state index is -0.348. The molecule has 0 spiro atoms. The predicted molar refractivity (Wildman–Crippen MR) is 69.5 cm³/mol. The monoisotopic (exact) mass is 237 g/mol. The molecule has 0 saturated carbocycles. The van der Waals surface area contributed by atoms with Gasteiger partial charge in [-0.25, -0.2) is 0 Å². The number of benzene rings is 1. The Bertz CT molecular complexity index is 393. The van der Waals surface area contributed by atoms with E-state index in [1.54, 1.807) is 12.1 Å². The number of anilines is 1. The largest absolute Gasteiger partial charge is 0.378 e. The summed E-state index contributed by atoms with van der Waals surface area (Å²) in [5.41, 5.74) is 1.63. The molecule has 1 aromatic rings. The van der Waals surface area contributed by atoms with E-state index in [1.807, 2.05) is 20.0 Å². The number of nitrogens with one attached hydrogen (secondary N) is 1. The molecular formula is C12H19N3O2. The van der Waals surface area contributed by atoms with Crippen LogP contribution in [0.2, 0.25) is 0 Å². The van der Waals surface area contributed by atoms with Gasteiger partial charge in [0.15, 0.2) is 0 Å². The third kappa shape index (κ3) is 4.03. The van der Waals surface area contributed by atoms with E-state index in [0.717, 1.165) is 18.7 Å². The SMILES string of the molecule is CCN(C)CCNc1ccc(C)cc1[N+](=O)[O-]. The molecule has 17 heavy (non-hydrogen) atoms. The summed E-state index contributed by atoms with van der Waals surface area (Å²) in [4.78, 5) is 12.7. The van der Waals surface area contributed by atoms with E-state index in [1.165, 1.54) is 0 Å². The number of rotatable bonds is 6. The van der Waals surface area contributed by atoms with Crippen molar-refractivity contribution in [3.8, 4) is 0 Å². The van der Waals surface area contributed by atoms with Gasteiger partial charge in [0.25, 0.3) is 5.69 Å². The standard InChI is InChI=1S/C12H19N3O2/c1-4-14(3)8-7-13-11-6-5-10(2)9-12(11)15(16)17/h5-6,9,13H,4,7-8H2,1-3H3. The lowest BCUT2D eigenvalue weighted by Crippen LogP contribution is -2.24. The number of hydrogen-bond acceptors (Lipinski definition) is 4. The molecule has 0 unspecified atom stereocenters. The maximum absolute atomic E-state index is 10.9. The van der Waals surface area contributed by atoms with Crippen LogP contribution in [0.15, 0.2) is 18.2 Å². The first kappa shape index (κ1) is 13.4. The third-order valence-electron chi connectivity index (χ3n) is 2.70. The Morgan fingerprint density at radius 2 is 2.18 bits per heavy atom. The minimum Gasteiger partial charge on any atom is -0.378 e. The molecule has 1 aromatic carbocycles. The smallest absolute Gasteiger partial charge is 0.292 e. The summed E-state index contributed by atoms with van der Waals surface area (Å²) in [6, 6.07) is 5.23. The zero-order chi connectivity index (χ0) is 12.8. The second kappa shape index (κ2) is 6.20. The fraction of sp³-hybridized carbons (Fsp3) is 0.500. The van der Waals surface area contributed by atoms with E-state index in [0.29, 0.717) is 12.2 Å². The molecule has 0 aromatic heterocycles. The lowest BCUT2D eigenvalue weighted by molar-refractivity contribution is -0.384. The first-order valence-electron chi connectivity index (χ1n) is 5.72. The highest BCUT2D eigenvalue weighted by molar-refractivity contribution is 5.62. The summed E-state index contributed by atoms with van der Waals surface area (Å²) in [7, 11) is 2.02. The van der Waals surface area contributed by atoms with E-state index >= 15 is 0 Å². The molecule has 1 rings (SSSR count). The minimum absolute atomic E-state index is 0.143. The van der Waals surface area contributed by atoms with Crippen LogP contribution in [-0.2, 0) is 0 Å². The van der Waals surface area contributed by atoms with Crippen LogP contribution in [0, 0.1) is 17.0 Å². The van der Waals surface area contributed by atoms with Crippen molar-refractivity contribution in [1.82, 2.24) is 4.90 Å². The van der Waals surface area contributed by atoms with Crippen molar-refractivity contribution >= 4 is 11.4 Å². The van der Waals surface area contributed by atoms with Crippen LogP contribution in [0.25, 0.3) is 0 Å². The summed E-state index contributed by atoms with van der Waals surface area (Å²) >= 11 is 0. The Balaban J connectivity index is 2.67. The summed E-state index contributed by atoms with van der Waals surface area (Å²) in [6.07, 6.45) is 0. The lowest BCUT2D eigenvalue weighted by atomic mass is 10.2. The van der Waals surface area contributed by atoms with Gasteiger partial charge >= 0.3 is 0 Å². The molecule has 0 bridgehead atoms. The van der Waals surface area contributed by atoms with Crippen LogP contribution in [-0.4, -0.2) is 36.5 Å². The van der Waals surface area contributed by atoms with Crippen LogP contribution < -0.4 is 5.32 Å². The van der Waals surface area contributed by atoms with Crippen molar-refractivity contribution in [3.63, 3.8) is 0 Å². The van der Waals surface area contributed by atoms with Gasteiger partial charge in [0.2, 0.25) is 0 Å². The molecule has 0 fully saturated rings. The summed E-state index contributed by atoms with van der Waals surface area (Å²) in [6.45, 7) is 6.46. The molecule has 0 aliphatic heterocycles. The number of likely N-dealkylation sites (N-methyl/N-ethyl adjacent to an activating group) is 1. The van der Waals surface area contributed by atoms with Gasteiger partial charge in [0.1, 0.15) is 5.69 Å². The zero-order valence-electron chi connectivity index (χ0n) is 10.6. The molecule has 5 nitrogen and oxygen atoms in total. The molecule has 94 valence electrons. The van der Waals surface area contributed by atoms with Crippen LogP contribution in [0.5, 0.6) is 0 Å². The Morgan fingerprint density at radius 3 is 2.76 bits per heavy atom. The van der Waals surface area contributed by atoms with Gasteiger partial charge in [0, 0.05) is 19.2 Å². The highest BCUT2D eigenvalue weighted by Gasteiger charge is 2.12. The molecular weight excluding hydrogens is 218 g/mol. The molecule has 0 radical (unpaired) electrons. The van der Waals surface area contributed by atoms with Crippen LogP contribution >= 0.6 is 0 Å². The Morgan fingerprint density at radius 1 is 1.47 bits per heavy atom. The molecule has 0 heterocycles. The summed E-state index contributed by atoms with van der Waals surface area (Å²) < 4.78 is 0. The van der Waals surface area contributed by atoms with Crippen molar-refractivity contribution in [3.05, 3.63) is 33.9 Å². The first-order valence-corrected chi connectivity index (χ1v) is 5.72. The zero-order valence-corrected chi connectivity index (χ0v) is 10.6. The van der Waals surface area contributed by atoms with Crippen molar-refractivity contribution < 1.29 is 4.92 Å². The fourth-order valence-electron chi connectivity index (χ4n) is 1.48. The normalized spacial score (nSPS) is 10.6. The number of nitro benzene ring substituents is 1. The quantitative estimate of drug-likeness (QED) is 0.609. The predicted octanol–water partition coefficient (Wildman–Crippen LogP) is 2.27. The van der Waals surface area contributed by atoms with Gasteiger partial charge in [0.05, 0.1) is 4.92 Å². The van der Waals surface area contributed by atoms with Crippen molar-refractivity contribution in [2.75, 3.05) is 32.0 Å². The average molecular weight is 237 g/mol. The van der Waals surface area contributed by atoms with Crippen molar-refractivity contribution in [2.24, 2.45) is 0 Å². The van der Waals surface area contributed by atoms with Crippen molar-refractivity contribution in [2.45, 2.75) is 13.8 Å². The van der Waals surface area contributed by atoms with Crippen molar-refractivity contribution in [1.29, 1.82) is 0 Å². The third-order valence-corrected chi connectivity index (χ3v) is 2.70. The summed E-state index contributed by atoms with van der Waals surface area (Å²) in [5, 5.41) is 14.0. The van der Waals surface area contributed by atoms with E-state index in [2.05, 4.69) is 17.1 Å². The number of nitrogens with zero attached hydrogens (tertiary/aromatic N) is 2. The Labute approximate surface area is 102 Å². The molecule has 0 aliphatic carbocycles. The highest BCUT2D eigenvalue weighted by atomic mass is 16.6. The molecule has 0 aliphatic rings. The van der Waals surface area contributed by atoms with Crippen LogP contribution in [0.1, 0.15) is 12.5 Å². The second-order valence-electron chi connectivity index (χ2n) is 4.10. The molecule has 5 heteroatoms. The maximum Gasteiger partial charge on any atom is 0.292 e. The van der Waals surface area contributed by atoms with Crippen LogP contribution in [0.4, 0.5) is 11.4 Å². The number of nitro groups is 1. The van der Waals surface area contributed by atoms with Gasteiger partial charge in [-0.2, -0.15) is 0 Å². The Kier molecular flexibility index (Phi) is 4.90. The molecule has 0 saturated heterocycles. The van der Waals surface area contributed by atoms with E-state index in [4.69, 9.17) is 0 Å². The average Bonchev–Trinajstić information content (AvgIpc) is 2.30. The van der Waals surface area contributed by atoms with E-state index in [9.17, 15) is 10.1 Å². The van der Waals surface area contributed by atoms with Gasteiger partial charge in [-0.1, -0.05) is 13.0 Å². The fourth-order valence-corrected chi connectivity index (χ4v) is 1.48. The highest BCUT2D eigenvalue weighted by Crippen LogP contribution is 2.24. The lowest BCUT2D eigenvalue weighted by Gasteiger charge is -2.14. The van der Waals surface area contributed by atoms with Crippen LogP contribution in [0.3, 0.4) is 0 Å². The Hall–Kier alpha value is -1.62. The molecule has 0 atom stereocenters. The first-order chi connectivity index (χ1) is 8.04. The maximum atomic E-state index is 10.9. The van der Waals surface area contributed by atoms with Gasteiger partial charge in [-0.15, -0.1) is 0 Å². The number of hydrogen-bond donors (Lipinski definition) is 1. The number of aryl methyl sites for hydroxylation is 1. The summed E-state index contributed by atoms with van der Waals surface area (Å²) in [5.74, 6) is 0. The van der Waals surface area contributed by atoms with Gasteiger partial charge in [-0.3, -0.25) is 10.1 Å². The van der Waals surface area contributed by atoms with E-state index in [-0.39, 0.29) is 10.6 Å². The van der Waals surface area contributed by atoms with Gasteiger partial charge < -0.3 is 10.2 Å². The van der Waals surface area contributed by atoms with Gasteiger partial charge in [-0.05, 0) is 32.1 Å². The molecule has 0 amide bonds. The molecule has 1 N–H and O–H groups in total. The topological polar surface area (TPSA) is 58.4 Å². The second-order valence-corrected chi connectivity index (χ2v) is 4.10.